The van der Waals surface area contributed by atoms with Gasteiger partial charge in [-0.15, -0.1) is 0 Å². The Morgan fingerprint density at radius 1 is 1.44 bits per heavy atom. The molecular weight excluding hydrogens is 224 g/mol. The molecule has 1 aliphatic rings. The summed E-state index contributed by atoms with van der Waals surface area (Å²) >= 11 is 0. The minimum atomic E-state index is 0.557. The molecule has 0 unspecified atom stereocenters. The molecule has 0 aliphatic heterocycles. The largest absolute Gasteiger partial charge is 0.370 e. The SMILES string of the molecule is NC(=NCCCC1CC1)NCCc1ccccn1. The van der Waals surface area contributed by atoms with Gasteiger partial charge >= 0.3 is 0 Å². The highest BCUT2D eigenvalue weighted by molar-refractivity contribution is 5.77. The fourth-order valence-corrected chi connectivity index (χ4v) is 1.91. The van der Waals surface area contributed by atoms with E-state index in [0.717, 1.165) is 37.5 Å². The fourth-order valence-electron chi connectivity index (χ4n) is 1.91. The number of guanidine groups is 1. The van der Waals surface area contributed by atoms with Gasteiger partial charge in [-0.05, 0) is 30.9 Å². The smallest absolute Gasteiger partial charge is 0.188 e. The summed E-state index contributed by atoms with van der Waals surface area (Å²) in [6.07, 6.45) is 7.99. The molecule has 98 valence electrons. The van der Waals surface area contributed by atoms with E-state index in [1.54, 1.807) is 0 Å². The standard InChI is InChI=1S/C14H22N4/c15-14(17-10-3-4-12-6-7-12)18-11-8-13-5-1-2-9-16-13/h1-2,5,9,12H,3-4,6-8,10-11H2,(H3,15,17,18). The number of hydrogen-bond acceptors (Lipinski definition) is 2. The molecule has 4 heteroatoms. The Labute approximate surface area is 109 Å². The second-order valence-electron chi connectivity index (χ2n) is 4.85. The van der Waals surface area contributed by atoms with E-state index >= 15 is 0 Å². The molecule has 1 fully saturated rings. The zero-order valence-electron chi connectivity index (χ0n) is 10.8. The third-order valence-corrected chi connectivity index (χ3v) is 3.16. The summed E-state index contributed by atoms with van der Waals surface area (Å²) in [5.41, 5.74) is 6.86. The molecule has 0 saturated heterocycles. The third-order valence-electron chi connectivity index (χ3n) is 3.16. The van der Waals surface area contributed by atoms with Crippen molar-refractivity contribution in [2.24, 2.45) is 16.6 Å². The van der Waals surface area contributed by atoms with Gasteiger partial charge in [0, 0.05) is 31.4 Å². The number of nitrogens with two attached hydrogens (primary N) is 1. The van der Waals surface area contributed by atoms with E-state index in [1.807, 2.05) is 24.4 Å². The van der Waals surface area contributed by atoms with Gasteiger partial charge in [0.25, 0.3) is 0 Å². The molecule has 3 N–H and O–H groups in total. The summed E-state index contributed by atoms with van der Waals surface area (Å²) in [5, 5.41) is 3.12. The first-order chi connectivity index (χ1) is 8.84. The van der Waals surface area contributed by atoms with Crippen molar-refractivity contribution in [3.05, 3.63) is 30.1 Å². The molecule has 2 rings (SSSR count). The van der Waals surface area contributed by atoms with Crippen LogP contribution in [0.1, 0.15) is 31.4 Å². The highest BCUT2D eigenvalue weighted by Gasteiger charge is 2.19. The molecule has 0 radical (unpaired) electrons. The molecule has 1 heterocycles. The Hall–Kier alpha value is -1.58. The van der Waals surface area contributed by atoms with E-state index in [2.05, 4.69) is 15.3 Å². The van der Waals surface area contributed by atoms with Gasteiger partial charge in [0.15, 0.2) is 5.96 Å². The summed E-state index contributed by atoms with van der Waals surface area (Å²) in [7, 11) is 0. The van der Waals surface area contributed by atoms with Crippen LogP contribution in [0, 0.1) is 5.92 Å². The molecule has 18 heavy (non-hydrogen) atoms. The summed E-state index contributed by atoms with van der Waals surface area (Å²) < 4.78 is 0. The van der Waals surface area contributed by atoms with Crippen LogP contribution in [0.15, 0.2) is 29.4 Å². The zero-order chi connectivity index (χ0) is 12.6. The predicted octanol–water partition coefficient (Wildman–Crippen LogP) is 1.72. The number of nitrogens with zero attached hydrogens (tertiary/aromatic N) is 2. The highest BCUT2D eigenvalue weighted by atomic mass is 15.1. The van der Waals surface area contributed by atoms with E-state index in [0.29, 0.717) is 5.96 Å². The van der Waals surface area contributed by atoms with Gasteiger partial charge in [-0.3, -0.25) is 9.98 Å². The Bertz CT molecular complexity index is 371. The van der Waals surface area contributed by atoms with Crippen molar-refractivity contribution < 1.29 is 0 Å². The first-order valence-corrected chi connectivity index (χ1v) is 6.78. The van der Waals surface area contributed by atoms with Crippen LogP contribution < -0.4 is 11.1 Å². The van der Waals surface area contributed by atoms with Crippen molar-refractivity contribution in [1.82, 2.24) is 10.3 Å². The lowest BCUT2D eigenvalue weighted by atomic mass is 10.2. The first-order valence-electron chi connectivity index (χ1n) is 6.78. The maximum atomic E-state index is 5.79. The summed E-state index contributed by atoms with van der Waals surface area (Å²) in [6, 6.07) is 5.94. The lowest BCUT2D eigenvalue weighted by molar-refractivity contribution is 0.673. The van der Waals surface area contributed by atoms with E-state index in [9.17, 15) is 0 Å². The van der Waals surface area contributed by atoms with Gasteiger partial charge in [-0.1, -0.05) is 18.9 Å². The summed E-state index contributed by atoms with van der Waals surface area (Å²) in [6.45, 7) is 1.63. The minimum absolute atomic E-state index is 0.557. The van der Waals surface area contributed by atoms with Crippen LogP contribution in [0.3, 0.4) is 0 Å². The van der Waals surface area contributed by atoms with Crippen LogP contribution in [0.5, 0.6) is 0 Å². The summed E-state index contributed by atoms with van der Waals surface area (Å²) in [4.78, 5) is 8.57. The van der Waals surface area contributed by atoms with Gasteiger partial charge in [0.2, 0.25) is 0 Å². The van der Waals surface area contributed by atoms with Crippen molar-refractivity contribution in [3.63, 3.8) is 0 Å². The van der Waals surface area contributed by atoms with E-state index in [1.165, 1.54) is 19.3 Å². The topological polar surface area (TPSA) is 63.3 Å². The minimum Gasteiger partial charge on any atom is -0.370 e. The first kappa shape index (κ1) is 12.9. The molecule has 1 aromatic rings. The molecule has 0 aromatic carbocycles. The van der Waals surface area contributed by atoms with Crippen molar-refractivity contribution >= 4 is 5.96 Å². The quantitative estimate of drug-likeness (QED) is 0.437. The average Bonchev–Trinajstić information content (AvgIpc) is 3.20. The van der Waals surface area contributed by atoms with Crippen LogP contribution in [0.4, 0.5) is 0 Å². The van der Waals surface area contributed by atoms with Crippen molar-refractivity contribution in [2.75, 3.05) is 13.1 Å². The molecule has 1 saturated carbocycles. The maximum absolute atomic E-state index is 5.79. The van der Waals surface area contributed by atoms with Gasteiger partial charge in [-0.25, -0.2) is 0 Å². The molecular formula is C14H22N4. The van der Waals surface area contributed by atoms with Crippen LogP contribution in [0.25, 0.3) is 0 Å². The Morgan fingerprint density at radius 2 is 2.33 bits per heavy atom. The average molecular weight is 246 g/mol. The van der Waals surface area contributed by atoms with Crippen molar-refractivity contribution in [1.29, 1.82) is 0 Å². The molecule has 0 bridgehead atoms. The monoisotopic (exact) mass is 246 g/mol. The van der Waals surface area contributed by atoms with E-state index in [-0.39, 0.29) is 0 Å². The Kier molecular flexibility index (Phi) is 5.00. The van der Waals surface area contributed by atoms with Crippen LogP contribution in [-0.2, 0) is 6.42 Å². The normalized spacial score (nSPS) is 15.7. The number of aromatic nitrogens is 1. The molecule has 0 spiro atoms. The number of aliphatic imine (C=N–C) groups is 1. The zero-order valence-corrected chi connectivity index (χ0v) is 10.8. The van der Waals surface area contributed by atoms with Gasteiger partial charge < -0.3 is 11.1 Å². The molecule has 1 aromatic heterocycles. The Balaban J connectivity index is 1.55. The third kappa shape index (κ3) is 5.17. The van der Waals surface area contributed by atoms with Crippen molar-refractivity contribution in [3.8, 4) is 0 Å². The second-order valence-corrected chi connectivity index (χ2v) is 4.85. The lowest BCUT2D eigenvalue weighted by Crippen LogP contribution is -2.33. The van der Waals surface area contributed by atoms with Gasteiger partial charge in [-0.2, -0.15) is 0 Å². The van der Waals surface area contributed by atoms with E-state index < -0.39 is 0 Å². The lowest BCUT2D eigenvalue weighted by Gasteiger charge is -2.05. The van der Waals surface area contributed by atoms with Crippen LogP contribution >= 0.6 is 0 Å². The van der Waals surface area contributed by atoms with E-state index in [4.69, 9.17) is 5.73 Å². The van der Waals surface area contributed by atoms with Crippen LogP contribution in [0.2, 0.25) is 0 Å². The van der Waals surface area contributed by atoms with Crippen LogP contribution in [-0.4, -0.2) is 24.0 Å². The van der Waals surface area contributed by atoms with Gasteiger partial charge in [0.05, 0.1) is 0 Å². The molecule has 0 amide bonds. The number of hydrogen-bond donors (Lipinski definition) is 2. The number of pyridine rings is 1. The van der Waals surface area contributed by atoms with Crippen molar-refractivity contribution in [2.45, 2.75) is 32.1 Å². The second kappa shape index (κ2) is 6.99. The fraction of sp³-hybridized carbons (Fsp3) is 0.571. The Morgan fingerprint density at radius 3 is 3.06 bits per heavy atom. The summed E-state index contributed by atoms with van der Waals surface area (Å²) in [5.74, 6) is 1.54. The number of rotatable bonds is 7. The highest BCUT2D eigenvalue weighted by Crippen LogP contribution is 2.33. The maximum Gasteiger partial charge on any atom is 0.188 e. The van der Waals surface area contributed by atoms with Gasteiger partial charge in [0.1, 0.15) is 0 Å². The molecule has 0 atom stereocenters. The predicted molar refractivity (Wildman–Crippen MR) is 74.4 cm³/mol. The molecule has 4 nitrogen and oxygen atoms in total. The molecule has 1 aliphatic carbocycles. The number of nitrogens with one attached hydrogen (secondary N) is 1.